The first kappa shape index (κ1) is 12.8. The zero-order valence-corrected chi connectivity index (χ0v) is 10.5. The fourth-order valence-corrected chi connectivity index (χ4v) is 1.74. The number of hydrogen-bond donors (Lipinski definition) is 2. The average Bonchev–Trinajstić information content (AvgIpc) is 2.43. The molecule has 0 fully saturated rings. The number of carbonyl (C=O) groups is 1. The molecule has 1 amide bonds. The lowest BCUT2D eigenvalue weighted by Gasteiger charge is -2.10. The Morgan fingerprint density at radius 1 is 1.32 bits per heavy atom. The van der Waals surface area contributed by atoms with Crippen LogP contribution in [0.25, 0.3) is 10.9 Å². The molecule has 96 valence electrons. The van der Waals surface area contributed by atoms with Crippen LogP contribution in [0.5, 0.6) is 0 Å². The van der Waals surface area contributed by atoms with Gasteiger partial charge >= 0.3 is 0 Å². The van der Waals surface area contributed by atoms with E-state index in [1.165, 1.54) is 6.92 Å². The number of benzene rings is 1. The molecule has 2 aromatic rings. The quantitative estimate of drug-likeness (QED) is 0.797. The molecule has 0 saturated carbocycles. The second kappa shape index (κ2) is 5.78. The van der Waals surface area contributed by atoms with Crippen LogP contribution in [0.1, 0.15) is 12.6 Å². The molecule has 6 nitrogen and oxygen atoms in total. The summed E-state index contributed by atoms with van der Waals surface area (Å²) >= 11 is 0. The van der Waals surface area contributed by atoms with Crippen molar-refractivity contribution in [2.75, 3.05) is 18.4 Å². The molecule has 0 atom stereocenters. The molecule has 2 rings (SSSR count). The van der Waals surface area contributed by atoms with Crippen molar-refractivity contribution >= 4 is 22.5 Å². The fourth-order valence-electron chi connectivity index (χ4n) is 1.74. The van der Waals surface area contributed by atoms with Crippen molar-refractivity contribution in [3.63, 3.8) is 0 Å². The Morgan fingerprint density at radius 3 is 2.84 bits per heavy atom. The third-order valence-corrected chi connectivity index (χ3v) is 2.57. The van der Waals surface area contributed by atoms with Gasteiger partial charge in [0.15, 0.2) is 5.69 Å². The van der Waals surface area contributed by atoms with E-state index in [-0.39, 0.29) is 11.6 Å². The first-order chi connectivity index (χ1) is 9.22. The molecule has 0 aliphatic heterocycles. The average molecular weight is 255 g/mol. The zero-order valence-electron chi connectivity index (χ0n) is 10.5. The molecular weight excluding hydrogens is 242 g/mol. The molecule has 0 unspecified atom stereocenters. The van der Waals surface area contributed by atoms with E-state index in [9.17, 15) is 4.79 Å². The standard InChI is InChI=1S/C13H13N5O/c1-9(19)15-6-7-16-13-10-4-2-3-5-11(10)17-18-12(13)8-14/h2-5H,6-7H2,1H3,(H,15,19)(H,16,17). The Labute approximate surface area is 110 Å². The molecule has 2 N–H and O–H groups in total. The number of amides is 1. The summed E-state index contributed by atoms with van der Waals surface area (Å²) in [7, 11) is 0. The zero-order chi connectivity index (χ0) is 13.7. The smallest absolute Gasteiger partial charge is 0.216 e. The van der Waals surface area contributed by atoms with E-state index >= 15 is 0 Å². The van der Waals surface area contributed by atoms with Gasteiger partial charge in [-0.05, 0) is 6.07 Å². The molecule has 1 heterocycles. The van der Waals surface area contributed by atoms with Crippen molar-refractivity contribution < 1.29 is 4.79 Å². The molecule has 0 radical (unpaired) electrons. The maximum atomic E-state index is 10.8. The van der Waals surface area contributed by atoms with Crippen molar-refractivity contribution in [2.24, 2.45) is 0 Å². The lowest BCUT2D eigenvalue weighted by atomic mass is 10.1. The molecule has 0 spiro atoms. The van der Waals surface area contributed by atoms with Crippen molar-refractivity contribution in [2.45, 2.75) is 6.92 Å². The summed E-state index contributed by atoms with van der Waals surface area (Å²) in [4.78, 5) is 10.8. The van der Waals surface area contributed by atoms with Crippen LogP contribution in [0, 0.1) is 11.3 Å². The molecular formula is C13H13N5O. The first-order valence-corrected chi connectivity index (χ1v) is 5.86. The van der Waals surface area contributed by atoms with Gasteiger partial charge in [0.25, 0.3) is 0 Å². The number of aromatic nitrogens is 2. The van der Waals surface area contributed by atoms with E-state index in [0.717, 1.165) is 10.9 Å². The summed E-state index contributed by atoms with van der Waals surface area (Å²) in [5, 5.41) is 23.6. The number of nitrogens with one attached hydrogen (secondary N) is 2. The number of nitriles is 1. The number of fused-ring (bicyclic) bond motifs is 1. The summed E-state index contributed by atoms with van der Waals surface area (Å²) in [5.74, 6) is -0.0833. The Balaban J connectivity index is 2.24. The van der Waals surface area contributed by atoms with Gasteiger partial charge in [-0.3, -0.25) is 4.79 Å². The predicted molar refractivity (Wildman–Crippen MR) is 71.4 cm³/mol. The maximum absolute atomic E-state index is 10.8. The summed E-state index contributed by atoms with van der Waals surface area (Å²) in [6.07, 6.45) is 0. The Hall–Kier alpha value is -2.68. The minimum Gasteiger partial charge on any atom is -0.380 e. The summed E-state index contributed by atoms with van der Waals surface area (Å²) in [5.41, 5.74) is 1.63. The van der Waals surface area contributed by atoms with Gasteiger partial charge in [-0.25, -0.2) is 0 Å². The molecule has 0 aliphatic carbocycles. The third kappa shape index (κ3) is 2.96. The number of nitrogens with zero attached hydrogens (tertiary/aromatic N) is 3. The highest BCUT2D eigenvalue weighted by molar-refractivity contribution is 5.92. The topological polar surface area (TPSA) is 90.7 Å². The highest BCUT2D eigenvalue weighted by atomic mass is 16.1. The van der Waals surface area contributed by atoms with Crippen LogP contribution in [0.2, 0.25) is 0 Å². The van der Waals surface area contributed by atoms with Crippen molar-refractivity contribution in [3.8, 4) is 6.07 Å². The minimum absolute atomic E-state index is 0.0833. The lowest BCUT2D eigenvalue weighted by molar-refractivity contribution is -0.118. The second-order valence-electron chi connectivity index (χ2n) is 3.96. The summed E-state index contributed by atoms with van der Waals surface area (Å²) < 4.78 is 0. The largest absolute Gasteiger partial charge is 0.380 e. The molecule has 19 heavy (non-hydrogen) atoms. The van der Waals surface area contributed by atoms with Gasteiger partial charge in [-0.15, -0.1) is 10.2 Å². The lowest BCUT2D eigenvalue weighted by Crippen LogP contribution is -2.26. The fraction of sp³-hybridized carbons (Fsp3) is 0.231. The van der Waals surface area contributed by atoms with E-state index < -0.39 is 0 Å². The van der Waals surface area contributed by atoms with Crippen molar-refractivity contribution in [3.05, 3.63) is 30.0 Å². The highest BCUT2D eigenvalue weighted by Gasteiger charge is 2.09. The summed E-state index contributed by atoms with van der Waals surface area (Å²) in [6, 6.07) is 9.47. The SMILES string of the molecule is CC(=O)NCCNc1c(C#N)nnc2ccccc12. The second-order valence-corrected chi connectivity index (χ2v) is 3.96. The minimum atomic E-state index is -0.0833. The van der Waals surface area contributed by atoms with Crippen LogP contribution in [-0.2, 0) is 4.79 Å². The monoisotopic (exact) mass is 255 g/mol. The Bertz CT molecular complexity index is 647. The van der Waals surface area contributed by atoms with Gasteiger partial charge in [0.1, 0.15) is 6.07 Å². The van der Waals surface area contributed by atoms with Crippen LogP contribution in [0.4, 0.5) is 5.69 Å². The van der Waals surface area contributed by atoms with E-state index in [1.807, 2.05) is 30.3 Å². The number of rotatable bonds is 4. The van der Waals surface area contributed by atoms with Gasteiger partial charge in [0, 0.05) is 25.4 Å². The van der Waals surface area contributed by atoms with Gasteiger partial charge in [0.2, 0.25) is 5.91 Å². The molecule has 0 aliphatic rings. The van der Waals surface area contributed by atoms with Gasteiger partial charge < -0.3 is 10.6 Å². The molecule has 1 aromatic carbocycles. The normalized spacial score (nSPS) is 9.89. The molecule has 0 bridgehead atoms. The van der Waals surface area contributed by atoms with Crippen LogP contribution in [0.3, 0.4) is 0 Å². The Kier molecular flexibility index (Phi) is 3.88. The Morgan fingerprint density at radius 2 is 2.11 bits per heavy atom. The highest BCUT2D eigenvalue weighted by Crippen LogP contribution is 2.23. The van der Waals surface area contributed by atoms with Crippen LogP contribution >= 0.6 is 0 Å². The first-order valence-electron chi connectivity index (χ1n) is 5.86. The van der Waals surface area contributed by atoms with E-state index in [1.54, 1.807) is 0 Å². The van der Waals surface area contributed by atoms with E-state index in [0.29, 0.717) is 18.8 Å². The number of hydrogen-bond acceptors (Lipinski definition) is 5. The predicted octanol–water partition coefficient (Wildman–Crippen LogP) is 1.05. The molecule has 1 aromatic heterocycles. The number of anilines is 1. The van der Waals surface area contributed by atoms with Crippen molar-refractivity contribution in [1.29, 1.82) is 5.26 Å². The molecule has 6 heteroatoms. The van der Waals surface area contributed by atoms with Crippen LogP contribution < -0.4 is 10.6 Å². The maximum Gasteiger partial charge on any atom is 0.216 e. The van der Waals surface area contributed by atoms with Gasteiger partial charge in [-0.2, -0.15) is 5.26 Å². The van der Waals surface area contributed by atoms with E-state index in [2.05, 4.69) is 20.8 Å². The van der Waals surface area contributed by atoms with Crippen LogP contribution in [0.15, 0.2) is 24.3 Å². The third-order valence-electron chi connectivity index (χ3n) is 2.57. The van der Waals surface area contributed by atoms with Crippen LogP contribution in [-0.4, -0.2) is 29.2 Å². The molecule has 0 saturated heterocycles. The van der Waals surface area contributed by atoms with Crippen molar-refractivity contribution in [1.82, 2.24) is 15.5 Å². The van der Waals surface area contributed by atoms with Gasteiger partial charge in [0.05, 0.1) is 11.2 Å². The number of carbonyl (C=O) groups excluding carboxylic acids is 1. The van der Waals surface area contributed by atoms with Gasteiger partial charge in [-0.1, -0.05) is 18.2 Å². The van der Waals surface area contributed by atoms with E-state index in [4.69, 9.17) is 5.26 Å². The summed E-state index contributed by atoms with van der Waals surface area (Å²) in [6.45, 7) is 2.46.